The smallest absolute Gasteiger partial charge is 0.262 e. The summed E-state index contributed by atoms with van der Waals surface area (Å²) in [5, 5.41) is 2.75. The summed E-state index contributed by atoms with van der Waals surface area (Å²) in [5.74, 6) is -1.91. The van der Waals surface area contributed by atoms with Gasteiger partial charge in [-0.25, -0.2) is 4.85 Å². The summed E-state index contributed by atoms with van der Waals surface area (Å²) < 4.78 is 0. The number of nitrogens with zero attached hydrogens (tertiary/aromatic N) is 6. The number of nitrogens with one attached hydrogen (secondary N) is 1. The van der Waals surface area contributed by atoms with E-state index in [0.717, 1.165) is 92.2 Å². The van der Waals surface area contributed by atoms with Gasteiger partial charge in [0.05, 0.1) is 17.7 Å². The zero-order valence-electron chi connectivity index (χ0n) is 31.4. The van der Waals surface area contributed by atoms with Gasteiger partial charge in [-0.3, -0.25) is 39.1 Å². The van der Waals surface area contributed by atoms with Crippen LogP contribution in [0.3, 0.4) is 0 Å². The third-order valence-corrected chi connectivity index (χ3v) is 13.5. The van der Waals surface area contributed by atoms with Crippen LogP contribution in [0.1, 0.15) is 81.2 Å². The van der Waals surface area contributed by atoms with Crippen molar-refractivity contribution in [1.29, 1.82) is 0 Å². The molecule has 2 atom stereocenters. The molecule has 12 nitrogen and oxygen atoms in total. The first-order valence-corrected chi connectivity index (χ1v) is 20.1. The Bertz CT molecular complexity index is 2160. The molecule has 0 aromatic heterocycles. The molecule has 5 amide bonds. The van der Waals surface area contributed by atoms with Crippen LogP contribution >= 0.6 is 11.6 Å². The Morgan fingerprint density at radius 2 is 1.50 bits per heavy atom. The van der Waals surface area contributed by atoms with E-state index in [2.05, 4.69) is 43.9 Å². The predicted molar refractivity (Wildman–Crippen MR) is 211 cm³/mol. The first-order valence-electron chi connectivity index (χ1n) is 19.7. The zero-order valence-corrected chi connectivity index (χ0v) is 32.2. The third kappa shape index (κ3) is 6.31. The summed E-state index contributed by atoms with van der Waals surface area (Å²) in [5.41, 5.74) is 6.39. The molecule has 13 heteroatoms. The van der Waals surface area contributed by atoms with Gasteiger partial charge in [-0.1, -0.05) is 17.7 Å². The Morgan fingerprint density at radius 3 is 2.11 bits per heavy atom. The van der Waals surface area contributed by atoms with Gasteiger partial charge in [0.1, 0.15) is 6.04 Å². The lowest BCUT2D eigenvalue weighted by Crippen LogP contribution is -2.54. The fourth-order valence-corrected chi connectivity index (χ4v) is 10.4. The molecule has 1 unspecified atom stereocenters. The van der Waals surface area contributed by atoms with Crippen molar-refractivity contribution in [3.8, 4) is 0 Å². The Labute approximate surface area is 331 Å². The van der Waals surface area contributed by atoms with Crippen LogP contribution in [0, 0.1) is 12.0 Å². The van der Waals surface area contributed by atoms with Crippen LogP contribution in [0.2, 0.25) is 5.02 Å². The molecule has 1 aliphatic carbocycles. The lowest BCUT2D eigenvalue weighted by molar-refractivity contribution is -0.136. The molecule has 56 heavy (non-hydrogen) atoms. The van der Waals surface area contributed by atoms with Crippen molar-refractivity contribution in [2.45, 2.75) is 70.0 Å². The summed E-state index contributed by atoms with van der Waals surface area (Å²) in [6, 6.07) is 17.1. The summed E-state index contributed by atoms with van der Waals surface area (Å²) in [6.45, 7) is 15.2. The average Bonchev–Trinajstić information content (AvgIpc) is 3.84. The van der Waals surface area contributed by atoms with Gasteiger partial charge in [0.2, 0.25) is 17.5 Å². The lowest BCUT2D eigenvalue weighted by atomic mass is 9.76. The highest BCUT2D eigenvalue weighted by Crippen LogP contribution is 2.46. The highest BCUT2D eigenvalue weighted by molar-refractivity contribution is 6.33. The SMILES string of the molecule is [C-]#[N+]c1ccc(N2CC3(CCN(c4ccc(C(=O)N5CCN(C6Cc7cc8c(cc7C6)C(=O)N(C6CCC(=O)NC6=O)C8=O)CC5)cc4)CC3)C[C@@H]2C)cc1Cl. The molecule has 5 aliphatic heterocycles. The second-order valence-corrected chi connectivity index (χ2v) is 16.9. The van der Waals surface area contributed by atoms with E-state index in [-0.39, 0.29) is 30.2 Å². The van der Waals surface area contributed by atoms with Crippen molar-refractivity contribution >= 4 is 58.2 Å². The standard InChI is InChI=1S/C43H44ClN7O5/c1-26-24-43(25-50(26)31-7-8-36(45-2)35(44)23-31)11-13-47(14-12-43)30-5-3-27(4-6-30)40(54)49-17-15-48(16-18-49)32-19-28-21-33-34(22-29(28)20-32)42(56)51(41(33)55)37-9-10-38(52)46-39(37)53/h3-8,21-23,26,32,37H,9-20,24-25H2,1H3,(H,46,52,53)/t26-,37?/m0/s1. The summed E-state index contributed by atoms with van der Waals surface area (Å²) in [4.78, 5) is 78.1. The summed E-state index contributed by atoms with van der Waals surface area (Å²) in [6.07, 6.45) is 5.06. The molecule has 4 saturated heterocycles. The van der Waals surface area contributed by atoms with Crippen molar-refractivity contribution in [1.82, 2.24) is 20.0 Å². The number of amides is 5. The Morgan fingerprint density at radius 1 is 0.857 bits per heavy atom. The molecular formula is C43H44ClN7O5. The van der Waals surface area contributed by atoms with E-state index in [1.807, 2.05) is 47.4 Å². The molecular weight excluding hydrogens is 730 g/mol. The van der Waals surface area contributed by atoms with Gasteiger partial charge in [-0.15, -0.1) is 0 Å². The number of carbonyl (C=O) groups is 5. The van der Waals surface area contributed by atoms with E-state index >= 15 is 0 Å². The van der Waals surface area contributed by atoms with Crippen LogP contribution in [0.15, 0.2) is 54.6 Å². The number of hydrogen-bond donors (Lipinski definition) is 1. The van der Waals surface area contributed by atoms with Gasteiger partial charge in [-0.2, -0.15) is 0 Å². The number of fused-ring (bicyclic) bond motifs is 2. The van der Waals surface area contributed by atoms with Gasteiger partial charge >= 0.3 is 0 Å². The zero-order chi connectivity index (χ0) is 38.9. The predicted octanol–water partition coefficient (Wildman–Crippen LogP) is 5.10. The highest BCUT2D eigenvalue weighted by atomic mass is 35.5. The van der Waals surface area contributed by atoms with Crippen LogP contribution < -0.4 is 15.1 Å². The molecule has 0 saturated carbocycles. The summed E-state index contributed by atoms with van der Waals surface area (Å²) >= 11 is 6.38. The van der Waals surface area contributed by atoms with Crippen molar-refractivity contribution in [2.75, 3.05) is 55.6 Å². The van der Waals surface area contributed by atoms with Gasteiger partial charge in [-0.05, 0) is 111 Å². The number of piperazine rings is 1. The largest absolute Gasteiger partial charge is 0.371 e. The van der Waals surface area contributed by atoms with Crippen molar-refractivity contribution in [2.24, 2.45) is 5.41 Å². The number of piperidine rings is 2. The third-order valence-electron chi connectivity index (χ3n) is 13.2. The van der Waals surface area contributed by atoms with Crippen LogP contribution in [0.5, 0.6) is 0 Å². The number of hydrogen-bond acceptors (Lipinski definition) is 8. The number of benzene rings is 3. The van der Waals surface area contributed by atoms with Crippen molar-refractivity contribution < 1.29 is 24.0 Å². The normalized spacial score (nSPS) is 23.8. The highest BCUT2D eigenvalue weighted by Gasteiger charge is 2.46. The second-order valence-electron chi connectivity index (χ2n) is 16.5. The fourth-order valence-electron chi connectivity index (χ4n) is 10.1. The van der Waals surface area contributed by atoms with Crippen molar-refractivity contribution in [3.05, 3.63) is 98.9 Å². The topological polar surface area (TPSA) is 118 Å². The maximum atomic E-state index is 13.6. The first kappa shape index (κ1) is 36.4. The van der Waals surface area contributed by atoms with E-state index in [9.17, 15) is 24.0 Å². The van der Waals surface area contributed by atoms with E-state index in [0.29, 0.717) is 46.5 Å². The monoisotopic (exact) mass is 773 g/mol. The summed E-state index contributed by atoms with van der Waals surface area (Å²) in [7, 11) is 0. The molecule has 0 bridgehead atoms. The number of anilines is 2. The number of carbonyl (C=O) groups excluding carboxylic acids is 5. The lowest BCUT2D eigenvalue weighted by Gasteiger charge is -2.40. The van der Waals surface area contributed by atoms with E-state index < -0.39 is 29.7 Å². The van der Waals surface area contributed by atoms with Crippen LogP contribution in [0.25, 0.3) is 4.85 Å². The Hall–Kier alpha value is -5.25. The molecule has 1 spiro atoms. The number of imide groups is 2. The van der Waals surface area contributed by atoms with Gasteiger partial charge in [0.25, 0.3) is 17.7 Å². The van der Waals surface area contributed by atoms with Gasteiger partial charge in [0, 0.05) is 86.3 Å². The van der Waals surface area contributed by atoms with Gasteiger partial charge < -0.3 is 14.7 Å². The first-order chi connectivity index (χ1) is 27.0. The van der Waals surface area contributed by atoms with Crippen LogP contribution in [-0.4, -0.2) is 108 Å². The molecule has 288 valence electrons. The van der Waals surface area contributed by atoms with E-state index in [1.165, 1.54) is 0 Å². The molecule has 0 radical (unpaired) electrons. The minimum atomic E-state index is -0.972. The molecule has 6 aliphatic rings. The Balaban J connectivity index is 0.766. The number of halogens is 1. The maximum Gasteiger partial charge on any atom is 0.262 e. The quantitative estimate of drug-likeness (QED) is 0.281. The van der Waals surface area contributed by atoms with Gasteiger partial charge in [0.15, 0.2) is 0 Å². The molecule has 3 aromatic carbocycles. The molecule has 4 fully saturated rings. The van der Waals surface area contributed by atoms with E-state index in [4.69, 9.17) is 18.2 Å². The van der Waals surface area contributed by atoms with Crippen molar-refractivity contribution in [3.63, 3.8) is 0 Å². The minimum absolute atomic E-state index is 0.0436. The average molecular weight is 774 g/mol. The molecule has 1 N–H and O–H groups in total. The molecule has 3 aromatic rings. The maximum absolute atomic E-state index is 13.6. The van der Waals surface area contributed by atoms with Crippen LogP contribution in [-0.2, 0) is 22.4 Å². The van der Waals surface area contributed by atoms with Crippen LogP contribution in [0.4, 0.5) is 17.1 Å². The fraction of sp³-hybridized carbons (Fsp3) is 0.442. The second kappa shape index (κ2) is 14.0. The van der Waals surface area contributed by atoms with E-state index in [1.54, 1.807) is 0 Å². The number of rotatable bonds is 5. The Kier molecular flexibility index (Phi) is 9.13. The minimum Gasteiger partial charge on any atom is -0.371 e. The molecule has 5 heterocycles. The molecule has 9 rings (SSSR count).